The highest BCUT2D eigenvalue weighted by molar-refractivity contribution is 7.13. The number of aryl methyl sites for hydroxylation is 1. The van der Waals surface area contributed by atoms with Crippen molar-refractivity contribution in [1.82, 2.24) is 4.98 Å². The Morgan fingerprint density at radius 2 is 1.69 bits per heavy atom. The van der Waals surface area contributed by atoms with Gasteiger partial charge in [-0.3, -0.25) is 4.79 Å². The van der Waals surface area contributed by atoms with Crippen LogP contribution >= 0.6 is 11.3 Å². The summed E-state index contributed by atoms with van der Waals surface area (Å²) >= 11 is 1.34. The number of thiazole rings is 1. The van der Waals surface area contributed by atoms with E-state index in [4.69, 9.17) is 14.2 Å². The summed E-state index contributed by atoms with van der Waals surface area (Å²) in [4.78, 5) is 28.6. The predicted octanol–water partition coefficient (Wildman–Crippen LogP) is 3.93. The molecule has 0 atom stereocenters. The highest BCUT2D eigenvalue weighted by Gasteiger charge is 2.15. The van der Waals surface area contributed by atoms with Crippen LogP contribution in [0, 0.1) is 6.92 Å². The number of carbonyl (C=O) groups is 2. The van der Waals surface area contributed by atoms with Crippen LogP contribution in [0.15, 0.2) is 47.8 Å². The van der Waals surface area contributed by atoms with E-state index in [-0.39, 0.29) is 5.69 Å². The number of hydrogen-bond donors (Lipinski definition) is 1. The molecule has 8 heteroatoms. The Morgan fingerprint density at radius 3 is 2.31 bits per heavy atom. The van der Waals surface area contributed by atoms with Crippen LogP contribution in [0.1, 0.15) is 16.1 Å². The molecule has 0 spiro atoms. The number of ether oxygens (including phenoxy) is 3. The molecule has 150 valence electrons. The standard InChI is InChI=1S/C21H20N2O5S/c1-13-4-6-14(7-5-13)20-23-18(12-29-20)21(25)28-11-19(24)22-15-8-16(26-2)10-17(9-15)27-3/h4-10,12H,11H2,1-3H3,(H,22,24). The van der Waals surface area contributed by atoms with Gasteiger partial charge in [-0.25, -0.2) is 9.78 Å². The monoisotopic (exact) mass is 412 g/mol. The number of rotatable bonds is 7. The summed E-state index contributed by atoms with van der Waals surface area (Å²) in [7, 11) is 3.03. The molecular weight excluding hydrogens is 392 g/mol. The van der Waals surface area contributed by atoms with E-state index in [9.17, 15) is 9.59 Å². The van der Waals surface area contributed by atoms with Gasteiger partial charge in [0.15, 0.2) is 12.3 Å². The maximum Gasteiger partial charge on any atom is 0.358 e. The largest absolute Gasteiger partial charge is 0.497 e. The Labute approximate surface area is 172 Å². The first-order chi connectivity index (χ1) is 14.0. The highest BCUT2D eigenvalue weighted by atomic mass is 32.1. The number of benzene rings is 2. The molecule has 1 N–H and O–H groups in total. The molecule has 1 aromatic heterocycles. The molecule has 7 nitrogen and oxygen atoms in total. The van der Waals surface area contributed by atoms with Crippen molar-refractivity contribution in [3.05, 3.63) is 59.1 Å². The normalized spacial score (nSPS) is 10.3. The second-order valence-corrected chi connectivity index (χ2v) is 6.99. The Morgan fingerprint density at radius 1 is 1.03 bits per heavy atom. The Bertz CT molecular complexity index is 992. The van der Waals surface area contributed by atoms with Gasteiger partial charge in [-0.2, -0.15) is 0 Å². The summed E-state index contributed by atoms with van der Waals surface area (Å²) in [6, 6.07) is 12.8. The summed E-state index contributed by atoms with van der Waals surface area (Å²) in [5.74, 6) is -0.0777. The van der Waals surface area contributed by atoms with Gasteiger partial charge in [0.25, 0.3) is 5.91 Å². The molecule has 0 saturated carbocycles. The Hall–Kier alpha value is -3.39. The van der Waals surface area contributed by atoms with Crippen LogP contribution in [-0.2, 0) is 9.53 Å². The van der Waals surface area contributed by atoms with Gasteiger partial charge in [0.2, 0.25) is 0 Å². The van der Waals surface area contributed by atoms with E-state index in [1.807, 2.05) is 31.2 Å². The van der Waals surface area contributed by atoms with Crippen molar-refractivity contribution in [3.63, 3.8) is 0 Å². The van der Waals surface area contributed by atoms with Gasteiger partial charge in [-0.15, -0.1) is 11.3 Å². The van der Waals surface area contributed by atoms with Gasteiger partial charge < -0.3 is 19.5 Å². The summed E-state index contributed by atoms with van der Waals surface area (Å²) in [5, 5.41) is 4.97. The third-order valence-electron chi connectivity index (χ3n) is 3.98. The molecule has 3 aromatic rings. The zero-order chi connectivity index (χ0) is 20.8. The lowest BCUT2D eigenvalue weighted by molar-refractivity contribution is -0.119. The minimum absolute atomic E-state index is 0.168. The van der Waals surface area contributed by atoms with Gasteiger partial charge >= 0.3 is 5.97 Å². The average Bonchev–Trinajstić information content (AvgIpc) is 3.22. The number of methoxy groups -OCH3 is 2. The number of nitrogens with zero attached hydrogens (tertiary/aromatic N) is 1. The lowest BCUT2D eigenvalue weighted by Gasteiger charge is -2.10. The fraction of sp³-hybridized carbons (Fsp3) is 0.190. The molecule has 1 heterocycles. The third kappa shape index (κ3) is 5.32. The summed E-state index contributed by atoms with van der Waals surface area (Å²) in [6.45, 7) is 1.57. The first-order valence-electron chi connectivity index (χ1n) is 8.71. The van der Waals surface area contributed by atoms with Crippen LogP contribution in [0.5, 0.6) is 11.5 Å². The van der Waals surface area contributed by atoms with Gasteiger partial charge in [-0.1, -0.05) is 29.8 Å². The molecule has 0 aliphatic heterocycles. The van der Waals surface area contributed by atoms with E-state index in [1.54, 1.807) is 23.6 Å². The van der Waals surface area contributed by atoms with Gasteiger partial charge in [0.1, 0.15) is 16.5 Å². The second-order valence-electron chi connectivity index (χ2n) is 6.13. The average molecular weight is 412 g/mol. The quantitative estimate of drug-likeness (QED) is 0.592. The van der Waals surface area contributed by atoms with Crippen molar-refractivity contribution in [2.75, 3.05) is 26.1 Å². The molecule has 29 heavy (non-hydrogen) atoms. The Balaban J connectivity index is 1.58. The lowest BCUT2D eigenvalue weighted by Crippen LogP contribution is -2.21. The van der Waals surface area contributed by atoms with Crippen LogP contribution < -0.4 is 14.8 Å². The van der Waals surface area contributed by atoms with Crippen LogP contribution in [0.4, 0.5) is 5.69 Å². The minimum Gasteiger partial charge on any atom is -0.497 e. The number of nitrogens with one attached hydrogen (secondary N) is 1. The molecule has 0 aliphatic rings. The number of esters is 1. The Kier molecular flexibility index (Phi) is 6.46. The summed E-state index contributed by atoms with van der Waals surface area (Å²) < 4.78 is 15.4. The molecule has 0 radical (unpaired) electrons. The van der Waals surface area contributed by atoms with Gasteiger partial charge in [-0.05, 0) is 6.92 Å². The molecular formula is C21H20N2O5S. The van der Waals surface area contributed by atoms with Crippen LogP contribution in [0.3, 0.4) is 0 Å². The number of amides is 1. The first-order valence-corrected chi connectivity index (χ1v) is 9.59. The topological polar surface area (TPSA) is 86.8 Å². The lowest BCUT2D eigenvalue weighted by atomic mass is 10.2. The molecule has 0 fully saturated rings. The SMILES string of the molecule is COc1cc(NC(=O)COC(=O)c2csc(-c3ccc(C)cc3)n2)cc(OC)c1. The van der Waals surface area contributed by atoms with E-state index < -0.39 is 18.5 Å². The number of carbonyl (C=O) groups excluding carboxylic acids is 2. The van der Waals surface area contributed by atoms with Crippen molar-refractivity contribution < 1.29 is 23.8 Å². The third-order valence-corrected chi connectivity index (χ3v) is 4.87. The second kappa shape index (κ2) is 9.20. The van der Waals surface area contributed by atoms with Gasteiger partial charge in [0.05, 0.1) is 14.2 Å². The number of aromatic nitrogens is 1. The first kappa shape index (κ1) is 20.3. The number of anilines is 1. The van der Waals surface area contributed by atoms with Crippen molar-refractivity contribution in [3.8, 4) is 22.1 Å². The molecule has 0 aliphatic carbocycles. The van der Waals surface area contributed by atoms with E-state index in [0.717, 1.165) is 11.1 Å². The molecule has 0 unspecified atom stereocenters. The van der Waals surface area contributed by atoms with E-state index in [1.165, 1.54) is 25.6 Å². The number of hydrogen-bond acceptors (Lipinski definition) is 7. The highest BCUT2D eigenvalue weighted by Crippen LogP contribution is 2.26. The smallest absolute Gasteiger partial charge is 0.358 e. The van der Waals surface area contributed by atoms with Gasteiger partial charge in [0, 0.05) is 34.8 Å². The van der Waals surface area contributed by atoms with Crippen molar-refractivity contribution >= 4 is 28.9 Å². The zero-order valence-electron chi connectivity index (χ0n) is 16.2. The zero-order valence-corrected chi connectivity index (χ0v) is 17.0. The van der Waals surface area contributed by atoms with Crippen molar-refractivity contribution in [2.45, 2.75) is 6.92 Å². The van der Waals surface area contributed by atoms with Crippen LogP contribution in [-0.4, -0.2) is 37.7 Å². The maximum absolute atomic E-state index is 12.2. The van der Waals surface area contributed by atoms with Crippen molar-refractivity contribution in [1.29, 1.82) is 0 Å². The van der Waals surface area contributed by atoms with Crippen LogP contribution in [0.2, 0.25) is 0 Å². The molecule has 0 saturated heterocycles. The minimum atomic E-state index is -0.655. The fourth-order valence-corrected chi connectivity index (χ4v) is 3.27. The van der Waals surface area contributed by atoms with E-state index in [0.29, 0.717) is 22.2 Å². The van der Waals surface area contributed by atoms with E-state index in [2.05, 4.69) is 10.3 Å². The summed E-state index contributed by atoms with van der Waals surface area (Å²) in [6.07, 6.45) is 0. The predicted molar refractivity (Wildman–Crippen MR) is 111 cm³/mol. The molecule has 0 bridgehead atoms. The molecule has 2 aromatic carbocycles. The van der Waals surface area contributed by atoms with E-state index >= 15 is 0 Å². The fourth-order valence-electron chi connectivity index (χ4n) is 2.48. The maximum atomic E-state index is 12.2. The molecule has 1 amide bonds. The van der Waals surface area contributed by atoms with Crippen molar-refractivity contribution in [2.24, 2.45) is 0 Å². The summed E-state index contributed by atoms with van der Waals surface area (Å²) in [5.41, 5.74) is 2.70. The molecule has 3 rings (SSSR count). The van der Waals surface area contributed by atoms with Crippen LogP contribution in [0.25, 0.3) is 10.6 Å².